The lowest BCUT2D eigenvalue weighted by Gasteiger charge is -2.12. The maximum atomic E-state index is 11.7. The van der Waals surface area contributed by atoms with Crippen molar-refractivity contribution in [3.63, 3.8) is 0 Å². The van der Waals surface area contributed by atoms with Crippen LogP contribution in [0.4, 0.5) is 0 Å². The van der Waals surface area contributed by atoms with Gasteiger partial charge in [0.25, 0.3) is 0 Å². The normalized spacial score (nSPS) is 15.8. The standard InChI is InChI=1S/C21H20N2O2S/c1-11-13(3)26-21-18(11)16(14-7-5-4-6-8-14)9-15(10-17(22)24)20-19(21)12(2)23-25-20/h4-9,15H,10H2,1-3H3,(H2,22,24)/t15-/m0/s1. The van der Waals surface area contributed by atoms with E-state index in [-0.39, 0.29) is 18.2 Å². The Kier molecular flexibility index (Phi) is 4.04. The van der Waals surface area contributed by atoms with Crippen LogP contribution in [-0.4, -0.2) is 11.1 Å². The van der Waals surface area contributed by atoms with Crippen LogP contribution in [-0.2, 0) is 4.79 Å². The van der Waals surface area contributed by atoms with Gasteiger partial charge in [0.05, 0.1) is 11.3 Å². The van der Waals surface area contributed by atoms with E-state index in [1.54, 1.807) is 11.3 Å². The molecule has 2 N–H and O–H groups in total. The molecule has 1 aromatic carbocycles. The first kappa shape index (κ1) is 16.8. The van der Waals surface area contributed by atoms with E-state index in [1.165, 1.54) is 16.0 Å². The predicted octanol–water partition coefficient (Wildman–Crippen LogP) is 4.73. The number of fused-ring (bicyclic) bond motifs is 3. The Morgan fingerprint density at radius 2 is 1.92 bits per heavy atom. The number of amides is 1. The van der Waals surface area contributed by atoms with Crippen molar-refractivity contribution in [1.29, 1.82) is 0 Å². The van der Waals surface area contributed by atoms with Crippen LogP contribution in [0.3, 0.4) is 0 Å². The number of aromatic nitrogens is 1. The molecule has 1 amide bonds. The van der Waals surface area contributed by atoms with Gasteiger partial charge >= 0.3 is 0 Å². The molecule has 0 aliphatic heterocycles. The SMILES string of the molecule is Cc1noc2c1-c1sc(C)c(C)c1C(c1ccccc1)=C[C@H]2CC(N)=O. The first-order valence-corrected chi connectivity index (χ1v) is 9.41. The highest BCUT2D eigenvalue weighted by atomic mass is 32.1. The van der Waals surface area contributed by atoms with Gasteiger partial charge in [-0.15, -0.1) is 11.3 Å². The Bertz CT molecular complexity index is 1030. The van der Waals surface area contributed by atoms with Gasteiger partial charge in [0.15, 0.2) is 5.76 Å². The summed E-state index contributed by atoms with van der Waals surface area (Å²) in [5.41, 5.74) is 12.1. The highest BCUT2D eigenvalue weighted by Crippen LogP contribution is 2.49. The number of primary amides is 1. The van der Waals surface area contributed by atoms with Crippen LogP contribution in [0.15, 0.2) is 40.9 Å². The molecular weight excluding hydrogens is 344 g/mol. The van der Waals surface area contributed by atoms with Crippen molar-refractivity contribution >= 4 is 22.8 Å². The number of carbonyl (C=O) groups is 1. The molecule has 0 spiro atoms. The second kappa shape index (κ2) is 6.25. The Morgan fingerprint density at radius 1 is 1.19 bits per heavy atom. The number of nitrogens with zero attached hydrogens (tertiary/aromatic N) is 1. The fourth-order valence-electron chi connectivity index (χ4n) is 3.63. The van der Waals surface area contributed by atoms with Crippen LogP contribution >= 0.6 is 11.3 Å². The fraction of sp³-hybridized carbons (Fsp3) is 0.238. The van der Waals surface area contributed by atoms with Crippen molar-refractivity contribution in [3.05, 3.63) is 69.4 Å². The van der Waals surface area contributed by atoms with E-state index < -0.39 is 0 Å². The summed E-state index contributed by atoms with van der Waals surface area (Å²) in [5, 5.41) is 4.18. The molecule has 4 rings (SSSR count). The van der Waals surface area contributed by atoms with Gasteiger partial charge in [-0.3, -0.25) is 4.79 Å². The van der Waals surface area contributed by atoms with Gasteiger partial charge in [-0.25, -0.2) is 0 Å². The first-order valence-electron chi connectivity index (χ1n) is 8.59. The van der Waals surface area contributed by atoms with E-state index in [4.69, 9.17) is 10.3 Å². The summed E-state index contributed by atoms with van der Waals surface area (Å²) in [6.45, 7) is 6.24. The van der Waals surface area contributed by atoms with Crippen molar-refractivity contribution in [2.75, 3.05) is 0 Å². The van der Waals surface area contributed by atoms with Crippen molar-refractivity contribution in [2.45, 2.75) is 33.1 Å². The number of carbonyl (C=O) groups excluding carboxylic acids is 1. The zero-order valence-corrected chi connectivity index (χ0v) is 15.8. The number of hydrogen-bond donors (Lipinski definition) is 1. The second-order valence-electron chi connectivity index (χ2n) is 6.72. The van der Waals surface area contributed by atoms with Crippen LogP contribution < -0.4 is 5.73 Å². The van der Waals surface area contributed by atoms with Gasteiger partial charge in [0.2, 0.25) is 5.91 Å². The molecule has 4 nitrogen and oxygen atoms in total. The van der Waals surface area contributed by atoms with Crippen LogP contribution in [0.1, 0.15) is 45.4 Å². The smallest absolute Gasteiger partial charge is 0.218 e. The number of hydrogen-bond acceptors (Lipinski definition) is 4. The van der Waals surface area contributed by atoms with Gasteiger partial charge < -0.3 is 10.3 Å². The average molecular weight is 364 g/mol. The minimum atomic E-state index is -0.350. The first-order chi connectivity index (χ1) is 12.5. The zero-order chi connectivity index (χ0) is 18.4. The van der Waals surface area contributed by atoms with Gasteiger partial charge in [-0.2, -0.15) is 0 Å². The number of nitrogens with two attached hydrogens (primary N) is 1. The number of aryl methyl sites for hydroxylation is 2. The number of rotatable bonds is 3. The highest BCUT2D eigenvalue weighted by molar-refractivity contribution is 7.16. The molecule has 2 aromatic heterocycles. The molecule has 26 heavy (non-hydrogen) atoms. The molecule has 3 aromatic rings. The van der Waals surface area contributed by atoms with Crippen LogP contribution in [0, 0.1) is 20.8 Å². The fourth-order valence-corrected chi connectivity index (χ4v) is 4.91. The molecule has 1 atom stereocenters. The Hall–Kier alpha value is -2.66. The molecule has 132 valence electrons. The van der Waals surface area contributed by atoms with E-state index in [0.29, 0.717) is 0 Å². The average Bonchev–Trinajstić information content (AvgIpc) is 3.08. The van der Waals surface area contributed by atoms with E-state index in [2.05, 4.69) is 37.2 Å². The molecule has 2 heterocycles. The van der Waals surface area contributed by atoms with E-state index in [9.17, 15) is 4.79 Å². The third kappa shape index (κ3) is 2.59. The summed E-state index contributed by atoms with van der Waals surface area (Å²) in [7, 11) is 0. The van der Waals surface area contributed by atoms with Crippen molar-refractivity contribution < 1.29 is 9.32 Å². The van der Waals surface area contributed by atoms with Gasteiger partial charge in [-0.1, -0.05) is 41.6 Å². The van der Waals surface area contributed by atoms with E-state index in [0.717, 1.165) is 33.0 Å². The lowest BCUT2D eigenvalue weighted by atomic mass is 9.92. The summed E-state index contributed by atoms with van der Waals surface area (Å²) >= 11 is 1.75. The Morgan fingerprint density at radius 3 is 2.62 bits per heavy atom. The van der Waals surface area contributed by atoms with Crippen LogP contribution in [0.5, 0.6) is 0 Å². The second-order valence-corrected chi connectivity index (χ2v) is 7.94. The van der Waals surface area contributed by atoms with Gasteiger partial charge in [-0.05, 0) is 37.5 Å². The molecule has 0 unspecified atom stereocenters. The maximum Gasteiger partial charge on any atom is 0.218 e. The van der Waals surface area contributed by atoms with Crippen molar-refractivity contribution in [2.24, 2.45) is 5.73 Å². The summed E-state index contributed by atoms with van der Waals surface area (Å²) < 4.78 is 5.67. The monoisotopic (exact) mass is 364 g/mol. The maximum absolute atomic E-state index is 11.7. The van der Waals surface area contributed by atoms with Crippen molar-refractivity contribution in [3.8, 4) is 10.4 Å². The highest BCUT2D eigenvalue weighted by Gasteiger charge is 2.32. The summed E-state index contributed by atoms with van der Waals surface area (Å²) in [6, 6.07) is 10.3. The van der Waals surface area contributed by atoms with Crippen LogP contribution in [0.25, 0.3) is 16.0 Å². The molecule has 0 bridgehead atoms. The third-order valence-corrected chi connectivity index (χ3v) is 6.21. The summed E-state index contributed by atoms with van der Waals surface area (Å²) in [5.74, 6) is 0.157. The third-order valence-electron chi connectivity index (χ3n) is 4.98. The Labute approximate surface area is 156 Å². The molecular formula is C21H20N2O2S. The predicted molar refractivity (Wildman–Crippen MR) is 104 cm³/mol. The minimum absolute atomic E-state index is 0.199. The quantitative estimate of drug-likeness (QED) is 0.730. The van der Waals surface area contributed by atoms with Gasteiger partial charge in [0, 0.05) is 27.7 Å². The zero-order valence-electron chi connectivity index (χ0n) is 15.0. The lowest BCUT2D eigenvalue weighted by Crippen LogP contribution is -2.14. The van der Waals surface area contributed by atoms with E-state index in [1.807, 2.05) is 25.1 Å². The topological polar surface area (TPSA) is 69.1 Å². The molecule has 0 saturated carbocycles. The molecule has 5 heteroatoms. The largest absolute Gasteiger partial charge is 0.370 e. The number of allylic oxidation sites excluding steroid dienone is 1. The molecule has 1 aliphatic carbocycles. The minimum Gasteiger partial charge on any atom is -0.370 e. The molecule has 1 aliphatic rings. The van der Waals surface area contributed by atoms with Crippen LogP contribution in [0.2, 0.25) is 0 Å². The van der Waals surface area contributed by atoms with Crippen molar-refractivity contribution in [1.82, 2.24) is 5.16 Å². The number of thiophene rings is 1. The van der Waals surface area contributed by atoms with E-state index >= 15 is 0 Å². The van der Waals surface area contributed by atoms with Gasteiger partial charge in [0.1, 0.15) is 0 Å². The summed E-state index contributed by atoms with van der Waals surface area (Å²) in [4.78, 5) is 14.1. The Balaban J connectivity index is 2.05. The number of benzene rings is 1. The molecule has 0 fully saturated rings. The lowest BCUT2D eigenvalue weighted by molar-refractivity contribution is -0.118. The molecule has 0 radical (unpaired) electrons. The summed E-state index contributed by atoms with van der Waals surface area (Å²) in [6.07, 6.45) is 2.32. The molecule has 0 saturated heterocycles.